The molecule has 0 aliphatic carbocycles. The molecule has 0 atom stereocenters. The summed E-state index contributed by atoms with van der Waals surface area (Å²) >= 11 is 4.10. The average Bonchev–Trinajstić information content (AvgIpc) is 2.30. The van der Waals surface area contributed by atoms with Crippen LogP contribution in [0.15, 0.2) is 0 Å². The fourth-order valence-corrected chi connectivity index (χ4v) is 1.91. The molecule has 0 saturated heterocycles. The molecule has 4 nitrogen and oxygen atoms in total. The van der Waals surface area contributed by atoms with Gasteiger partial charge in [0, 0.05) is 5.33 Å². The lowest BCUT2D eigenvalue weighted by atomic mass is 10.4. The summed E-state index contributed by atoms with van der Waals surface area (Å²) in [5, 5.41) is 9.31. The summed E-state index contributed by atoms with van der Waals surface area (Å²) in [5.74, 6) is -0.978. The number of hydrogen-bond acceptors (Lipinski definition) is 4. The van der Waals surface area contributed by atoms with Gasteiger partial charge in [-0.25, -0.2) is 9.78 Å². The van der Waals surface area contributed by atoms with Crippen molar-refractivity contribution in [3.05, 3.63) is 10.6 Å². The maximum Gasteiger partial charge on any atom is 0.347 e. The third-order valence-electron chi connectivity index (χ3n) is 1.03. The van der Waals surface area contributed by atoms with Crippen LogP contribution < -0.4 is 5.73 Å². The molecule has 0 amide bonds. The molecule has 60 valence electrons. The molecule has 0 saturated carbocycles. The molecule has 0 radical (unpaired) electrons. The lowest BCUT2D eigenvalue weighted by Gasteiger charge is -1.88. The molecule has 3 N–H and O–H groups in total. The molecule has 1 aromatic heterocycles. The number of thiazole rings is 1. The SMILES string of the molecule is Nc1nc(CBr)c(C(=O)O)s1. The van der Waals surface area contributed by atoms with Gasteiger partial charge in [-0.15, -0.1) is 0 Å². The number of hydrogen-bond donors (Lipinski definition) is 2. The number of halogens is 1. The monoisotopic (exact) mass is 236 g/mol. The second kappa shape index (κ2) is 3.19. The number of rotatable bonds is 2. The van der Waals surface area contributed by atoms with E-state index in [9.17, 15) is 4.79 Å². The lowest BCUT2D eigenvalue weighted by Crippen LogP contribution is -1.96. The van der Waals surface area contributed by atoms with Crippen molar-refractivity contribution in [2.24, 2.45) is 0 Å². The Morgan fingerprint density at radius 1 is 1.82 bits per heavy atom. The Morgan fingerprint density at radius 3 is 2.82 bits per heavy atom. The fraction of sp³-hybridized carbons (Fsp3) is 0.200. The number of anilines is 1. The summed E-state index contributed by atoms with van der Waals surface area (Å²) in [7, 11) is 0. The highest BCUT2D eigenvalue weighted by atomic mass is 79.9. The molecule has 0 aromatic carbocycles. The summed E-state index contributed by atoms with van der Waals surface area (Å²) < 4.78 is 0. The van der Waals surface area contributed by atoms with Gasteiger partial charge in [-0.2, -0.15) is 0 Å². The standard InChI is InChI=1S/C5H5BrN2O2S/c6-1-2-3(4(9)10)11-5(7)8-2/h1H2,(H2,7,8)(H,9,10). The topological polar surface area (TPSA) is 76.2 Å². The second-order valence-electron chi connectivity index (χ2n) is 1.77. The molecule has 1 heterocycles. The van der Waals surface area contributed by atoms with Gasteiger partial charge in [0.25, 0.3) is 0 Å². The fourth-order valence-electron chi connectivity index (χ4n) is 0.628. The highest BCUT2D eigenvalue weighted by Crippen LogP contribution is 2.21. The van der Waals surface area contributed by atoms with Crippen LogP contribution in [0, 0.1) is 0 Å². The number of carbonyl (C=O) groups is 1. The Bertz CT molecular complexity index is 286. The van der Waals surface area contributed by atoms with Crippen molar-refractivity contribution >= 4 is 38.4 Å². The van der Waals surface area contributed by atoms with E-state index in [2.05, 4.69) is 20.9 Å². The third-order valence-corrected chi connectivity index (χ3v) is 2.48. The number of carboxylic acids is 1. The van der Waals surface area contributed by atoms with E-state index < -0.39 is 5.97 Å². The molecular weight excluding hydrogens is 232 g/mol. The Hall–Kier alpha value is -0.620. The van der Waals surface area contributed by atoms with Crippen LogP contribution in [0.25, 0.3) is 0 Å². The number of nitrogens with zero attached hydrogens (tertiary/aromatic N) is 1. The number of aromatic carboxylic acids is 1. The first-order chi connectivity index (χ1) is 5.15. The third kappa shape index (κ3) is 1.69. The molecule has 0 spiro atoms. The molecule has 0 aliphatic rings. The van der Waals surface area contributed by atoms with Gasteiger partial charge < -0.3 is 10.8 Å². The maximum absolute atomic E-state index is 10.5. The van der Waals surface area contributed by atoms with E-state index in [-0.39, 0.29) is 10.0 Å². The van der Waals surface area contributed by atoms with Gasteiger partial charge in [-0.3, -0.25) is 0 Å². The largest absolute Gasteiger partial charge is 0.477 e. The van der Waals surface area contributed by atoms with Crippen molar-refractivity contribution in [3.63, 3.8) is 0 Å². The molecule has 1 aromatic rings. The molecule has 0 aliphatic heterocycles. The zero-order valence-electron chi connectivity index (χ0n) is 5.37. The summed E-state index contributed by atoms with van der Waals surface area (Å²) in [6.45, 7) is 0. The zero-order valence-corrected chi connectivity index (χ0v) is 7.78. The first kappa shape index (κ1) is 8.48. The highest BCUT2D eigenvalue weighted by Gasteiger charge is 2.14. The smallest absolute Gasteiger partial charge is 0.347 e. The normalized spacial score (nSPS) is 9.91. The first-order valence-corrected chi connectivity index (χ1v) is 4.63. The Kier molecular flexibility index (Phi) is 2.45. The van der Waals surface area contributed by atoms with E-state index >= 15 is 0 Å². The van der Waals surface area contributed by atoms with Gasteiger partial charge in [0.15, 0.2) is 5.13 Å². The van der Waals surface area contributed by atoms with Crippen LogP contribution >= 0.6 is 27.3 Å². The van der Waals surface area contributed by atoms with Crippen LogP contribution in [0.2, 0.25) is 0 Å². The van der Waals surface area contributed by atoms with Crippen molar-refractivity contribution in [2.45, 2.75) is 5.33 Å². The minimum atomic E-state index is -0.978. The maximum atomic E-state index is 10.5. The minimum Gasteiger partial charge on any atom is -0.477 e. The van der Waals surface area contributed by atoms with Crippen molar-refractivity contribution in [1.29, 1.82) is 0 Å². The van der Waals surface area contributed by atoms with E-state index in [1.807, 2.05) is 0 Å². The summed E-state index contributed by atoms with van der Waals surface area (Å²) in [6, 6.07) is 0. The molecule has 1 rings (SSSR count). The van der Waals surface area contributed by atoms with Gasteiger partial charge in [-0.05, 0) is 0 Å². The molecular formula is C5H5BrN2O2S. The van der Waals surface area contributed by atoms with Crippen LogP contribution in [-0.2, 0) is 5.33 Å². The van der Waals surface area contributed by atoms with Crippen molar-refractivity contribution in [3.8, 4) is 0 Å². The number of nitrogens with two attached hydrogens (primary N) is 1. The van der Waals surface area contributed by atoms with Gasteiger partial charge in [0.1, 0.15) is 4.88 Å². The summed E-state index contributed by atoms with van der Waals surface area (Å²) in [6.07, 6.45) is 0. The van der Waals surface area contributed by atoms with E-state index in [0.29, 0.717) is 11.0 Å². The lowest BCUT2D eigenvalue weighted by molar-refractivity contribution is 0.0701. The molecule has 0 unspecified atom stereocenters. The first-order valence-electron chi connectivity index (χ1n) is 2.69. The predicted octanol–water partition coefficient (Wildman–Crippen LogP) is 1.32. The quantitative estimate of drug-likeness (QED) is 0.760. The Balaban J connectivity index is 3.12. The van der Waals surface area contributed by atoms with Crippen LogP contribution in [0.1, 0.15) is 15.4 Å². The zero-order chi connectivity index (χ0) is 8.43. The van der Waals surface area contributed by atoms with E-state index in [1.165, 1.54) is 0 Å². The number of aromatic nitrogens is 1. The highest BCUT2D eigenvalue weighted by molar-refractivity contribution is 9.08. The summed E-state index contributed by atoms with van der Waals surface area (Å²) in [4.78, 5) is 14.5. The van der Waals surface area contributed by atoms with Crippen molar-refractivity contribution in [2.75, 3.05) is 5.73 Å². The number of nitrogen functional groups attached to an aromatic ring is 1. The van der Waals surface area contributed by atoms with Gasteiger partial charge in [0.2, 0.25) is 0 Å². The minimum absolute atomic E-state index is 0.208. The predicted molar refractivity (Wildman–Crippen MR) is 46.1 cm³/mol. The second-order valence-corrected chi connectivity index (χ2v) is 3.36. The van der Waals surface area contributed by atoms with E-state index in [4.69, 9.17) is 10.8 Å². The van der Waals surface area contributed by atoms with Gasteiger partial charge >= 0.3 is 5.97 Å². The van der Waals surface area contributed by atoms with Crippen LogP contribution in [0.4, 0.5) is 5.13 Å². The number of carboxylic acid groups (broad SMARTS) is 1. The Morgan fingerprint density at radius 2 is 2.45 bits per heavy atom. The van der Waals surface area contributed by atoms with Crippen LogP contribution in [0.3, 0.4) is 0 Å². The Labute approximate surface area is 75.2 Å². The van der Waals surface area contributed by atoms with Crippen LogP contribution in [0.5, 0.6) is 0 Å². The molecule has 0 fully saturated rings. The number of alkyl halides is 1. The van der Waals surface area contributed by atoms with E-state index in [0.717, 1.165) is 11.3 Å². The molecule has 11 heavy (non-hydrogen) atoms. The van der Waals surface area contributed by atoms with Crippen molar-refractivity contribution in [1.82, 2.24) is 4.98 Å². The van der Waals surface area contributed by atoms with E-state index in [1.54, 1.807) is 0 Å². The van der Waals surface area contributed by atoms with Crippen LogP contribution in [-0.4, -0.2) is 16.1 Å². The van der Waals surface area contributed by atoms with Gasteiger partial charge in [-0.1, -0.05) is 27.3 Å². The molecule has 0 bridgehead atoms. The average molecular weight is 237 g/mol. The van der Waals surface area contributed by atoms with Crippen molar-refractivity contribution < 1.29 is 9.90 Å². The van der Waals surface area contributed by atoms with Gasteiger partial charge in [0.05, 0.1) is 5.69 Å². The summed E-state index contributed by atoms with van der Waals surface area (Å²) in [5.41, 5.74) is 5.80. The molecule has 6 heteroatoms.